The Balaban J connectivity index is 1.79. The molecular weight excluding hydrogens is 264 g/mol. The van der Waals surface area contributed by atoms with E-state index in [0.717, 1.165) is 32.5 Å². The van der Waals surface area contributed by atoms with Gasteiger partial charge < -0.3 is 15.1 Å². The van der Waals surface area contributed by atoms with Gasteiger partial charge in [-0.3, -0.25) is 4.90 Å². The maximum absolute atomic E-state index is 12.0. The molecule has 2 fully saturated rings. The number of amides is 2. The van der Waals surface area contributed by atoms with Crippen molar-refractivity contribution in [3.63, 3.8) is 0 Å². The molecule has 0 radical (unpaired) electrons. The third kappa shape index (κ3) is 4.58. The Bertz CT molecular complexity index is 320. The smallest absolute Gasteiger partial charge is 0.319 e. The predicted octanol–water partition coefficient (Wildman–Crippen LogP) is 1.60. The Morgan fingerprint density at radius 3 is 2.43 bits per heavy atom. The fraction of sp³-hybridized carbons (Fsp3) is 0.938. The molecule has 1 N–H and O–H groups in total. The number of carbonyl (C=O) groups is 1. The molecule has 2 rings (SSSR count). The molecule has 0 aromatic heterocycles. The number of hydrogen-bond donors (Lipinski definition) is 1. The highest BCUT2D eigenvalue weighted by Gasteiger charge is 2.28. The summed E-state index contributed by atoms with van der Waals surface area (Å²) in [5.74, 6) is 0. The van der Waals surface area contributed by atoms with E-state index in [2.05, 4.69) is 17.1 Å². The van der Waals surface area contributed by atoms with Crippen molar-refractivity contribution in [3.05, 3.63) is 0 Å². The highest BCUT2D eigenvalue weighted by atomic mass is 16.2. The van der Waals surface area contributed by atoms with Gasteiger partial charge in [0.1, 0.15) is 0 Å². The molecule has 2 aliphatic heterocycles. The molecule has 0 spiro atoms. The van der Waals surface area contributed by atoms with Crippen molar-refractivity contribution in [2.45, 2.75) is 51.1 Å². The molecule has 122 valence electrons. The quantitative estimate of drug-likeness (QED) is 0.856. The average Bonchev–Trinajstić information content (AvgIpc) is 2.53. The number of piperidine rings is 2. The lowest BCUT2D eigenvalue weighted by molar-refractivity contribution is 0.101. The van der Waals surface area contributed by atoms with Crippen LogP contribution in [-0.2, 0) is 0 Å². The van der Waals surface area contributed by atoms with Gasteiger partial charge in [0.2, 0.25) is 0 Å². The minimum absolute atomic E-state index is 0.158. The molecule has 2 amide bonds. The number of likely N-dealkylation sites (tertiary alicyclic amines) is 1. The largest absolute Gasteiger partial charge is 0.331 e. The van der Waals surface area contributed by atoms with Crippen molar-refractivity contribution >= 4 is 6.03 Å². The summed E-state index contributed by atoms with van der Waals surface area (Å²) >= 11 is 0. The second-order valence-electron chi connectivity index (χ2n) is 6.63. The zero-order chi connectivity index (χ0) is 15.2. The Kier molecular flexibility index (Phi) is 6.30. The monoisotopic (exact) mass is 296 g/mol. The fourth-order valence-corrected chi connectivity index (χ4v) is 3.60. The summed E-state index contributed by atoms with van der Waals surface area (Å²) in [6, 6.07) is 1.47. The van der Waals surface area contributed by atoms with Crippen LogP contribution in [0, 0.1) is 0 Å². The highest BCUT2D eigenvalue weighted by Crippen LogP contribution is 2.19. The van der Waals surface area contributed by atoms with E-state index in [0.29, 0.717) is 12.1 Å². The lowest BCUT2D eigenvalue weighted by Crippen LogP contribution is -2.52. The van der Waals surface area contributed by atoms with Crippen LogP contribution in [0.3, 0.4) is 0 Å². The zero-order valence-electron chi connectivity index (χ0n) is 14.0. The standard InChI is InChI=1S/C16H32N4O/c1-4-19(13-14-7-5-6-10-17-14)15-8-11-20(12-9-15)16(21)18(2)3/h14-15,17H,4-13H2,1-3H3. The summed E-state index contributed by atoms with van der Waals surface area (Å²) in [4.78, 5) is 18.3. The third-order valence-corrected chi connectivity index (χ3v) is 4.91. The van der Waals surface area contributed by atoms with Crippen LogP contribution in [0.1, 0.15) is 39.0 Å². The van der Waals surface area contributed by atoms with Crippen LogP contribution in [-0.4, -0.2) is 79.6 Å². The van der Waals surface area contributed by atoms with Crippen LogP contribution in [0.4, 0.5) is 4.79 Å². The molecule has 2 saturated heterocycles. The zero-order valence-corrected chi connectivity index (χ0v) is 14.0. The van der Waals surface area contributed by atoms with Gasteiger partial charge in [0.05, 0.1) is 0 Å². The van der Waals surface area contributed by atoms with Crippen molar-refractivity contribution in [1.82, 2.24) is 20.0 Å². The first-order valence-electron chi connectivity index (χ1n) is 8.55. The summed E-state index contributed by atoms with van der Waals surface area (Å²) in [6.45, 7) is 7.53. The van der Waals surface area contributed by atoms with E-state index in [1.165, 1.54) is 32.4 Å². The molecular formula is C16H32N4O. The Morgan fingerprint density at radius 2 is 1.90 bits per heavy atom. The van der Waals surface area contributed by atoms with E-state index in [4.69, 9.17) is 0 Å². The van der Waals surface area contributed by atoms with Gasteiger partial charge in [-0.25, -0.2) is 4.79 Å². The number of carbonyl (C=O) groups excluding carboxylic acids is 1. The third-order valence-electron chi connectivity index (χ3n) is 4.91. The van der Waals surface area contributed by atoms with Crippen molar-refractivity contribution in [2.24, 2.45) is 0 Å². The van der Waals surface area contributed by atoms with E-state index >= 15 is 0 Å². The van der Waals surface area contributed by atoms with Crippen LogP contribution in [0.25, 0.3) is 0 Å². The van der Waals surface area contributed by atoms with Crippen molar-refractivity contribution < 1.29 is 4.79 Å². The Hall–Kier alpha value is -0.810. The minimum Gasteiger partial charge on any atom is -0.331 e. The van der Waals surface area contributed by atoms with Crippen molar-refractivity contribution in [2.75, 3.05) is 46.8 Å². The maximum atomic E-state index is 12.0. The molecule has 1 unspecified atom stereocenters. The lowest BCUT2D eigenvalue weighted by atomic mass is 10.00. The molecule has 2 aliphatic rings. The molecule has 0 aliphatic carbocycles. The summed E-state index contributed by atoms with van der Waals surface area (Å²) in [5.41, 5.74) is 0. The minimum atomic E-state index is 0.158. The summed E-state index contributed by atoms with van der Waals surface area (Å²) < 4.78 is 0. The van der Waals surface area contributed by atoms with E-state index in [-0.39, 0.29) is 6.03 Å². The Labute approximate surface area is 129 Å². The number of likely N-dealkylation sites (N-methyl/N-ethyl adjacent to an activating group) is 1. The van der Waals surface area contributed by atoms with E-state index in [1.54, 1.807) is 4.90 Å². The van der Waals surface area contributed by atoms with Crippen LogP contribution in [0.15, 0.2) is 0 Å². The van der Waals surface area contributed by atoms with Gasteiger partial charge in [0.15, 0.2) is 0 Å². The van der Waals surface area contributed by atoms with Gasteiger partial charge in [-0.1, -0.05) is 13.3 Å². The first-order valence-corrected chi connectivity index (χ1v) is 8.55. The topological polar surface area (TPSA) is 38.8 Å². The normalized spacial score (nSPS) is 24.4. The number of nitrogens with one attached hydrogen (secondary N) is 1. The van der Waals surface area contributed by atoms with Gasteiger partial charge in [-0.2, -0.15) is 0 Å². The first kappa shape index (κ1) is 16.6. The van der Waals surface area contributed by atoms with Gasteiger partial charge in [-0.05, 0) is 38.8 Å². The summed E-state index contributed by atoms with van der Waals surface area (Å²) in [5, 5.41) is 3.65. The van der Waals surface area contributed by atoms with Crippen LogP contribution in [0.5, 0.6) is 0 Å². The Morgan fingerprint density at radius 1 is 1.19 bits per heavy atom. The average molecular weight is 296 g/mol. The number of rotatable bonds is 4. The van der Waals surface area contributed by atoms with Crippen molar-refractivity contribution in [3.8, 4) is 0 Å². The fourth-order valence-electron chi connectivity index (χ4n) is 3.60. The number of nitrogens with zero attached hydrogens (tertiary/aromatic N) is 3. The molecule has 5 nitrogen and oxygen atoms in total. The second kappa shape index (κ2) is 7.99. The van der Waals surface area contributed by atoms with Crippen LogP contribution in [0.2, 0.25) is 0 Å². The predicted molar refractivity (Wildman–Crippen MR) is 86.6 cm³/mol. The molecule has 21 heavy (non-hydrogen) atoms. The molecule has 0 aromatic carbocycles. The molecule has 0 saturated carbocycles. The van der Waals surface area contributed by atoms with E-state index in [9.17, 15) is 4.79 Å². The van der Waals surface area contributed by atoms with Gasteiger partial charge in [0, 0.05) is 45.8 Å². The summed E-state index contributed by atoms with van der Waals surface area (Å²) in [7, 11) is 3.67. The SMILES string of the molecule is CCN(CC1CCCCN1)C1CCN(C(=O)N(C)C)CC1. The number of hydrogen-bond acceptors (Lipinski definition) is 3. The molecule has 2 heterocycles. The number of urea groups is 1. The molecule has 5 heteroatoms. The van der Waals surface area contributed by atoms with Crippen molar-refractivity contribution in [1.29, 1.82) is 0 Å². The lowest BCUT2D eigenvalue weighted by Gasteiger charge is -2.40. The molecule has 0 bridgehead atoms. The van der Waals surface area contributed by atoms with Crippen LogP contribution < -0.4 is 5.32 Å². The molecule has 1 atom stereocenters. The maximum Gasteiger partial charge on any atom is 0.319 e. The van der Waals surface area contributed by atoms with Gasteiger partial charge in [-0.15, -0.1) is 0 Å². The summed E-state index contributed by atoms with van der Waals surface area (Å²) in [6.07, 6.45) is 6.23. The van der Waals surface area contributed by atoms with E-state index < -0.39 is 0 Å². The second-order valence-corrected chi connectivity index (χ2v) is 6.63. The van der Waals surface area contributed by atoms with Gasteiger partial charge >= 0.3 is 6.03 Å². The highest BCUT2D eigenvalue weighted by molar-refractivity contribution is 5.73. The molecule has 0 aromatic rings. The first-order chi connectivity index (χ1) is 10.1. The van der Waals surface area contributed by atoms with Gasteiger partial charge in [0.25, 0.3) is 0 Å². The van der Waals surface area contributed by atoms with E-state index in [1.807, 2.05) is 19.0 Å². The van der Waals surface area contributed by atoms with Crippen LogP contribution >= 0.6 is 0 Å².